The fraction of sp³-hybridized carbons (Fsp3) is 0.357. The van der Waals surface area contributed by atoms with Crippen LogP contribution in [0.5, 0.6) is 0 Å². The molecule has 0 unspecified atom stereocenters. The maximum Gasteiger partial charge on any atom is 0.396 e. The van der Waals surface area contributed by atoms with Crippen molar-refractivity contribution in [2.75, 3.05) is 12.4 Å². The third-order valence-electron chi connectivity index (χ3n) is 2.53. The normalized spacial score (nSPS) is 10.4. The molecule has 0 saturated carbocycles. The van der Waals surface area contributed by atoms with Gasteiger partial charge in [0.15, 0.2) is 0 Å². The van der Waals surface area contributed by atoms with Crippen molar-refractivity contribution >= 4 is 17.7 Å². The zero-order chi connectivity index (χ0) is 14.2. The second-order valence-corrected chi connectivity index (χ2v) is 5.08. The number of hydrogen-bond acceptors (Lipinski definition) is 6. The van der Waals surface area contributed by atoms with Crippen LogP contribution < -0.4 is 0 Å². The predicted molar refractivity (Wildman–Crippen MR) is 75.7 cm³/mol. The molecule has 2 aromatic rings. The largest absolute Gasteiger partial charge is 0.459 e. The highest BCUT2D eigenvalue weighted by molar-refractivity contribution is 7.99. The quantitative estimate of drug-likeness (QED) is 0.444. The summed E-state index contributed by atoms with van der Waals surface area (Å²) in [6.45, 7) is 2.02. The summed E-state index contributed by atoms with van der Waals surface area (Å²) < 4.78 is 10.00. The molecule has 0 radical (unpaired) electrons. The van der Waals surface area contributed by atoms with E-state index < -0.39 is 5.97 Å². The highest BCUT2D eigenvalue weighted by Gasteiger charge is 2.15. The van der Waals surface area contributed by atoms with Crippen molar-refractivity contribution in [3.05, 3.63) is 41.8 Å². The number of carbonyl (C=O) groups excluding carboxylic acids is 1. The fourth-order valence-corrected chi connectivity index (χ4v) is 2.32. The van der Waals surface area contributed by atoms with E-state index in [1.807, 2.05) is 18.2 Å². The van der Waals surface area contributed by atoms with Gasteiger partial charge >= 0.3 is 11.9 Å². The van der Waals surface area contributed by atoms with Crippen molar-refractivity contribution in [1.29, 1.82) is 0 Å². The molecule has 6 heteroatoms. The summed E-state index contributed by atoms with van der Waals surface area (Å²) >= 11 is 1.45. The monoisotopic (exact) mass is 292 g/mol. The molecule has 2 rings (SSSR count). The van der Waals surface area contributed by atoms with Crippen LogP contribution in [-0.4, -0.2) is 28.5 Å². The molecule has 5 nitrogen and oxygen atoms in total. The van der Waals surface area contributed by atoms with Crippen LogP contribution in [0.1, 0.15) is 29.6 Å². The molecule has 0 saturated heterocycles. The Balaban J connectivity index is 1.73. The molecule has 20 heavy (non-hydrogen) atoms. The molecule has 0 aliphatic carbocycles. The molecule has 0 spiro atoms. The number of ether oxygens (including phenoxy) is 1. The van der Waals surface area contributed by atoms with E-state index in [1.165, 1.54) is 17.3 Å². The summed E-state index contributed by atoms with van der Waals surface area (Å²) in [5.41, 5.74) is 1.31. The number of aromatic nitrogens is 2. The van der Waals surface area contributed by atoms with Gasteiger partial charge in [-0.2, -0.15) is 0 Å². The van der Waals surface area contributed by atoms with Crippen LogP contribution in [0.15, 0.2) is 40.0 Å². The molecule has 1 aromatic carbocycles. The minimum absolute atomic E-state index is 0.0857. The molecular formula is C14H16N2O3S. The molecule has 0 amide bonds. The Labute approximate surface area is 121 Å². The average Bonchev–Trinajstić information content (AvgIpc) is 2.94. The molecule has 1 heterocycles. The first-order chi connectivity index (χ1) is 9.79. The molecule has 0 fully saturated rings. The van der Waals surface area contributed by atoms with Crippen LogP contribution in [0.4, 0.5) is 0 Å². The zero-order valence-electron chi connectivity index (χ0n) is 11.2. The van der Waals surface area contributed by atoms with Crippen molar-refractivity contribution in [3.63, 3.8) is 0 Å². The Bertz CT molecular complexity index is 542. The molecule has 0 N–H and O–H groups in total. The number of thioether (sulfide) groups is 1. The van der Waals surface area contributed by atoms with E-state index in [-0.39, 0.29) is 5.89 Å². The Morgan fingerprint density at radius 3 is 2.85 bits per heavy atom. The Kier molecular flexibility index (Phi) is 5.61. The highest BCUT2D eigenvalue weighted by atomic mass is 32.2. The Hall–Kier alpha value is -1.82. The summed E-state index contributed by atoms with van der Waals surface area (Å²) in [6.07, 6.45) is 2.01. The standard InChI is InChI=1S/C14H16N2O3S/c1-2-18-13(17)12-15-16-14(19-12)20-10-6-9-11-7-4-3-5-8-11/h3-5,7-8H,2,6,9-10H2,1H3. The summed E-state index contributed by atoms with van der Waals surface area (Å²) in [7, 11) is 0. The first kappa shape index (κ1) is 14.6. The third-order valence-corrected chi connectivity index (χ3v) is 3.44. The maximum atomic E-state index is 11.3. The SMILES string of the molecule is CCOC(=O)c1nnc(SCCCc2ccccc2)o1. The van der Waals surface area contributed by atoms with Crippen LogP contribution in [0.3, 0.4) is 0 Å². The van der Waals surface area contributed by atoms with Gasteiger partial charge in [0.1, 0.15) is 0 Å². The fourth-order valence-electron chi connectivity index (χ4n) is 1.62. The van der Waals surface area contributed by atoms with E-state index >= 15 is 0 Å². The number of hydrogen-bond donors (Lipinski definition) is 0. The Morgan fingerprint density at radius 1 is 1.30 bits per heavy atom. The molecule has 0 aliphatic rings. The van der Waals surface area contributed by atoms with Crippen molar-refractivity contribution in [2.24, 2.45) is 0 Å². The molecular weight excluding hydrogens is 276 g/mol. The van der Waals surface area contributed by atoms with Gasteiger partial charge in [0.2, 0.25) is 0 Å². The summed E-state index contributed by atoms with van der Waals surface area (Å²) in [4.78, 5) is 11.3. The lowest BCUT2D eigenvalue weighted by molar-refractivity contribution is 0.0475. The lowest BCUT2D eigenvalue weighted by atomic mass is 10.1. The van der Waals surface area contributed by atoms with E-state index in [4.69, 9.17) is 9.15 Å². The van der Waals surface area contributed by atoms with Crippen LogP contribution >= 0.6 is 11.8 Å². The maximum absolute atomic E-state index is 11.3. The van der Waals surface area contributed by atoms with Gasteiger partial charge in [-0.1, -0.05) is 47.2 Å². The number of rotatable bonds is 7. The van der Waals surface area contributed by atoms with Gasteiger partial charge in [-0.3, -0.25) is 0 Å². The molecule has 0 bridgehead atoms. The van der Waals surface area contributed by atoms with Gasteiger partial charge in [-0.05, 0) is 25.3 Å². The van der Waals surface area contributed by atoms with Crippen LogP contribution in [0, 0.1) is 0 Å². The minimum Gasteiger partial charge on any atom is -0.459 e. The number of esters is 1. The number of carbonyl (C=O) groups is 1. The van der Waals surface area contributed by atoms with E-state index in [0.717, 1.165) is 18.6 Å². The smallest absolute Gasteiger partial charge is 0.396 e. The van der Waals surface area contributed by atoms with Crippen molar-refractivity contribution in [1.82, 2.24) is 10.2 Å². The average molecular weight is 292 g/mol. The summed E-state index contributed by atoms with van der Waals surface area (Å²) in [6, 6.07) is 10.3. The third kappa shape index (κ3) is 4.38. The molecule has 0 aliphatic heterocycles. The highest BCUT2D eigenvalue weighted by Crippen LogP contribution is 2.18. The number of benzene rings is 1. The van der Waals surface area contributed by atoms with E-state index in [1.54, 1.807) is 6.92 Å². The zero-order valence-corrected chi connectivity index (χ0v) is 12.1. The van der Waals surface area contributed by atoms with Gasteiger partial charge in [-0.25, -0.2) is 4.79 Å². The molecule has 1 aromatic heterocycles. The van der Waals surface area contributed by atoms with Gasteiger partial charge in [-0.15, -0.1) is 5.10 Å². The summed E-state index contributed by atoms with van der Waals surface area (Å²) in [5.74, 6) is 0.202. The van der Waals surface area contributed by atoms with Crippen molar-refractivity contribution < 1.29 is 13.9 Å². The lowest BCUT2D eigenvalue weighted by Gasteiger charge is -1.99. The Morgan fingerprint density at radius 2 is 2.10 bits per heavy atom. The van der Waals surface area contributed by atoms with Gasteiger partial charge < -0.3 is 9.15 Å². The molecule has 106 valence electrons. The number of aryl methyl sites for hydroxylation is 1. The number of nitrogens with zero attached hydrogens (tertiary/aromatic N) is 2. The van der Waals surface area contributed by atoms with E-state index in [9.17, 15) is 4.79 Å². The van der Waals surface area contributed by atoms with Crippen LogP contribution in [0.2, 0.25) is 0 Å². The second-order valence-electron chi connectivity index (χ2n) is 4.03. The van der Waals surface area contributed by atoms with Gasteiger partial charge in [0.25, 0.3) is 5.22 Å². The first-order valence-corrected chi connectivity index (χ1v) is 7.45. The van der Waals surface area contributed by atoms with Gasteiger partial charge in [0.05, 0.1) is 6.61 Å². The van der Waals surface area contributed by atoms with Crippen LogP contribution in [-0.2, 0) is 11.2 Å². The van der Waals surface area contributed by atoms with E-state index in [0.29, 0.717) is 11.8 Å². The second kappa shape index (κ2) is 7.69. The predicted octanol–water partition coefficient (Wildman–Crippen LogP) is 2.97. The lowest BCUT2D eigenvalue weighted by Crippen LogP contribution is -2.04. The van der Waals surface area contributed by atoms with Crippen molar-refractivity contribution in [2.45, 2.75) is 25.0 Å². The van der Waals surface area contributed by atoms with E-state index in [2.05, 4.69) is 22.3 Å². The molecule has 0 atom stereocenters. The van der Waals surface area contributed by atoms with Crippen molar-refractivity contribution in [3.8, 4) is 0 Å². The first-order valence-electron chi connectivity index (χ1n) is 6.47. The summed E-state index contributed by atoms with van der Waals surface area (Å²) in [5, 5.41) is 7.87. The van der Waals surface area contributed by atoms with Crippen LogP contribution in [0.25, 0.3) is 0 Å². The topological polar surface area (TPSA) is 65.2 Å². The van der Waals surface area contributed by atoms with Gasteiger partial charge in [0, 0.05) is 5.75 Å². The minimum atomic E-state index is -0.573.